The number of phosphoric acid groups is 1. The van der Waals surface area contributed by atoms with Gasteiger partial charge in [-0.1, -0.05) is 120 Å². The van der Waals surface area contributed by atoms with E-state index in [-0.39, 0.29) is 31.7 Å². The summed E-state index contributed by atoms with van der Waals surface area (Å²) in [7, 11) is -4.78. The lowest BCUT2D eigenvalue weighted by Crippen LogP contribution is -2.29. The van der Waals surface area contributed by atoms with Crippen molar-refractivity contribution in [2.75, 3.05) is 13.2 Å². The first-order valence-electron chi connectivity index (χ1n) is 19.7. The maximum Gasteiger partial charge on any atom is 0.469 e. The van der Waals surface area contributed by atoms with Gasteiger partial charge in [-0.15, -0.1) is 0 Å². The van der Waals surface area contributed by atoms with Gasteiger partial charge in [0.25, 0.3) is 0 Å². The summed E-state index contributed by atoms with van der Waals surface area (Å²) in [5.74, 6) is -0.980. The van der Waals surface area contributed by atoms with Gasteiger partial charge in [-0.05, 0) is 83.5 Å². The zero-order chi connectivity index (χ0) is 37.3. The van der Waals surface area contributed by atoms with E-state index in [9.17, 15) is 14.2 Å². The van der Waals surface area contributed by atoms with Gasteiger partial charge < -0.3 is 24.0 Å². The molecule has 9 nitrogen and oxygen atoms in total. The minimum Gasteiger partial charge on any atom is -0.462 e. The van der Waals surface area contributed by atoms with E-state index in [4.69, 9.17) is 24.0 Å². The molecule has 3 atom stereocenters. The second kappa shape index (κ2) is 32.4. The first-order valence-corrected chi connectivity index (χ1v) is 21.2. The van der Waals surface area contributed by atoms with E-state index < -0.39 is 32.5 Å². The van der Waals surface area contributed by atoms with Gasteiger partial charge in [0.1, 0.15) is 6.61 Å². The molecule has 0 aromatic rings. The van der Waals surface area contributed by atoms with Crippen LogP contribution in [0.5, 0.6) is 0 Å². The Hall–Kier alpha value is -2.29. The van der Waals surface area contributed by atoms with Crippen LogP contribution in [0.4, 0.5) is 0 Å². The van der Waals surface area contributed by atoms with Crippen LogP contribution < -0.4 is 0 Å². The van der Waals surface area contributed by atoms with E-state index in [1.165, 1.54) is 44.9 Å². The fraction of sp³-hybridized carbons (Fsp3) is 0.707. The largest absolute Gasteiger partial charge is 0.469 e. The summed E-state index contributed by atoms with van der Waals surface area (Å²) in [6.45, 7) is 3.54. The van der Waals surface area contributed by atoms with Gasteiger partial charge in [-0.25, -0.2) is 4.57 Å². The average Bonchev–Trinajstić information content (AvgIpc) is 3.85. The Morgan fingerprint density at radius 3 is 1.67 bits per heavy atom. The third-order valence-corrected chi connectivity index (χ3v) is 8.90. The quantitative estimate of drug-likeness (QED) is 0.0218. The number of carbonyl (C=O) groups is 2. The molecular weight excluding hydrogens is 667 g/mol. The third kappa shape index (κ3) is 32.1. The van der Waals surface area contributed by atoms with Gasteiger partial charge in [0.05, 0.1) is 18.8 Å². The molecule has 0 saturated carbocycles. The maximum absolute atomic E-state index is 12.4. The molecule has 1 aliphatic rings. The highest BCUT2D eigenvalue weighted by molar-refractivity contribution is 7.46. The van der Waals surface area contributed by atoms with E-state index in [1.54, 1.807) is 0 Å². The molecule has 1 fully saturated rings. The summed E-state index contributed by atoms with van der Waals surface area (Å²) < 4.78 is 32.0. The fourth-order valence-corrected chi connectivity index (χ4v) is 5.68. The number of hydrogen-bond acceptors (Lipinski definition) is 7. The highest BCUT2D eigenvalue weighted by Crippen LogP contribution is 2.36. The molecule has 0 bridgehead atoms. The van der Waals surface area contributed by atoms with Crippen LogP contribution in [0, 0.1) is 0 Å². The molecule has 1 rings (SSSR count). The lowest BCUT2D eigenvalue weighted by atomic mass is 10.1. The van der Waals surface area contributed by atoms with Crippen molar-refractivity contribution in [2.45, 2.75) is 173 Å². The van der Waals surface area contributed by atoms with E-state index in [0.29, 0.717) is 19.3 Å². The number of carbonyl (C=O) groups excluding carboxylic acids is 2. The zero-order valence-corrected chi connectivity index (χ0v) is 32.6. The molecule has 2 unspecified atom stereocenters. The van der Waals surface area contributed by atoms with Crippen molar-refractivity contribution in [3.8, 4) is 0 Å². The van der Waals surface area contributed by atoms with E-state index in [0.717, 1.165) is 64.2 Å². The number of unbranched alkanes of at least 4 members (excludes halogenated alkanes) is 12. The smallest absolute Gasteiger partial charge is 0.462 e. The Bertz CT molecular complexity index is 1080. The lowest BCUT2D eigenvalue weighted by molar-refractivity contribution is -0.161. The predicted octanol–water partition coefficient (Wildman–Crippen LogP) is 10.7. The molecule has 1 saturated heterocycles. The average molecular weight is 737 g/mol. The molecule has 1 heterocycles. The number of epoxide rings is 1. The van der Waals surface area contributed by atoms with Crippen molar-refractivity contribution >= 4 is 19.8 Å². The Kier molecular flexibility index (Phi) is 29.7. The van der Waals surface area contributed by atoms with Crippen molar-refractivity contribution < 1.29 is 42.7 Å². The second-order valence-electron chi connectivity index (χ2n) is 13.3. The van der Waals surface area contributed by atoms with E-state index in [1.807, 2.05) is 6.08 Å². The lowest BCUT2D eigenvalue weighted by Gasteiger charge is -2.18. The Morgan fingerprint density at radius 2 is 1.08 bits per heavy atom. The van der Waals surface area contributed by atoms with Gasteiger partial charge in [-0.3, -0.25) is 14.1 Å². The Balaban J connectivity index is 2.15. The van der Waals surface area contributed by atoms with Crippen LogP contribution in [0.25, 0.3) is 0 Å². The number of ether oxygens (including phenoxy) is 3. The van der Waals surface area contributed by atoms with Crippen LogP contribution >= 0.6 is 7.82 Å². The summed E-state index contributed by atoms with van der Waals surface area (Å²) in [4.78, 5) is 42.8. The highest BCUT2D eigenvalue weighted by Gasteiger charge is 2.36. The van der Waals surface area contributed by atoms with Crippen molar-refractivity contribution in [1.29, 1.82) is 0 Å². The van der Waals surface area contributed by atoms with Crippen LogP contribution in [0.1, 0.15) is 155 Å². The Morgan fingerprint density at radius 1 is 0.608 bits per heavy atom. The first-order chi connectivity index (χ1) is 24.7. The summed E-state index contributed by atoms with van der Waals surface area (Å²) in [6, 6.07) is 0. The molecule has 1 aliphatic heterocycles. The summed E-state index contributed by atoms with van der Waals surface area (Å²) >= 11 is 0. The standard InChI is InChI=1S/C41H69O9P/c1-3-5-7-9-11-13-14-15-16-17-18-20-22-24-29-33-40(42)47-35-37(36-48-51(44,45)46)49-41(43)34-30-26-25-28-32-39-38(50-39)31-27-23-21-19-12-10-8-6-4-2/h11-13,15-16,19,23,25,27-28,37-39H,3-10,14,17-18,20-22,24,26,29-36H2,1-2H3,(H2,44,45,46)/b13-11-,16-15-,19-12-,27-23-,28-25-/t37-,38?,39?/m1/s1. The number of esters is 2. The molecule has 0 aliphatic carbocycles. The Labute approximate surface area is 309 Å². The molecule has 0 aromatic carbocycles. The molecule has 292 valence electrons. The molecule has 51 heavy (non-hydrogen) atoms. The van der Waals surface area contributed by atoms with Crippen LogP contribution in [0.2, 0.25) is 0 Å². The highest BCUT2D eigenvalue weighted by atomic mass is 31.2. The molecule has 0 spiro atoms. The maximum atomic E-state index is 12.4. The van der Waals surface area contributed by atoms with Crippen LogP contribution in [0.15, 0.2) is 60.8 Å². The normalized spacial score (nSPS) is 17.1. The third-order valence-electron chi connectivity index (χ3n) is 8.41. The minimum atomic E-state index is -4.78. The molecule has 10 heteroatoms. The van der Waals surface area contributed by atoms with E-state index >= 15 is 0 Å². The van der Waals surface area contributed by atoms with Gasteiger partial charge in [0, 0.05) is 12.8 Å². The summed E-state index contributed by atoms with van der Waals surface area (Å²) in [6.07, 6.45) is 42.5. The van der Waals surface area contributed by atoms with Gasteiger partial charge in [-0.2, -0.15) is 0 Å². The van der Waals surface area contributed by atoms with Gasteiger partial charge >= 0.3 is 19.8 Å². The topological polar surface area (TPSA) is 132 Å². The second-order valence-corrected chi connectivity index (χ2v) is 14.5. The van der Waals surface area contributed by atoms with Crippen molar-refractivity contribution in [1.82, 2.24) is 0 Å². The predicted molar refractivity (Wildman–Crippen MR) is 206 cm³/mol. The first kappa shape index (κ1) is 46.7. The monoisotopic (exact) mass is 736 g/mol. The number of rotatable bonds is 34. The van der Waals surface area contributed by atoms with Crippen molar-refractivity contribution in [3.63, 3.8) is 0 Å². The zero-order valence-electron chi connectivity index (χ0n) is 31.7. The van der Waals surface area contributed by atoms with E-state index in [2.05, 4.69) is 73.1 Å². The number of allylic oxidation sites excluding steroid dienone is 8. The molecular formula is C41H69O9P. The summed E-state index contributed by atoms with van der Waals surface area (Å²) in [5.41, 5.74) is 0. The van der Waals surface area contributed by atoms with Crippen LogP contribution in [-0.2, 0) is 32.9 Å². The molecule has 0 radical (unpaired) electrons. The van der Waals surface area contributed by atoms with Crippen molar-refractivity contribution in [3.05, 3.63) is 60.8 Å². The van der Waals surface area contributed by atoms with Crippen LogP contribution in [-0.4, -0.2) is 53.3 Å². The van der Waals surface area contributed by atoms with Crippen LogP contribution in [0.3, 0.4) is 0 Å². The van der Waals surface area contributed by atoms with Gasteiger partial charge in [0.15, 0.2) is 6.10 Å². The number of hydrogen-bond donors (Lipinski definition) is 2. The minimum absolute atomic E-state index is 0.122. The fourth-order valence-electron chi connectivity index (χ4n) is 5.32. The molecule has 0 aromatic heterocycles. The van der Waals surface area contributed by atoms with Crippen molar-refractivity contribution in [2.24, 2.45) is 0 Å². The molecule has 2 N–H and O–H groups in total. The number of phosphoric ester groups is 1. The molecule has 0 amide bonds. The SMILES string of the molecule is CCCCC/C=C\C/C=C\CCCCCCCC(=O)OC[C@H](COP(=O)(O)O)OC(=O)CCC/C=C\CC1OC1C/C=C\C/C=C\CCCCC. The summed E-state index contributed by atoms with van der Waals surface area (Å²) in [5, 5.41) is 0. The van der Waals surface area contributed by atoms with Gasteiger partial charge in [0.2, 0.25) is 0 Å².